The Bertz CT molecular complexity index is 2610. The molecular weight excluding hydrogens is 884 g/mol. The van der Waals surface area contributed by atoms with Crippen molar-refractivity contribution in [1.29, 1.82) is 0 Å². The second kappa shape index (κ2) is 14.5. The third kappa shape index (κ3) is 6.10. The SMILES string of the molecule is [Pt+2].[c-]1c(Oc2[c-]c(N(c3ccccc3)c3ccccn3)c3sc4ccccc4c3c2)cc2c(sc3ccccc32)c1N(c1ccccc1)c1ccccn1. The number of ether oxygens (including phenoxy) is 1. The van der Waals surface area contributed by atoms with Crippen molar-refractivity contribution in [3.05, 3.63) is 182 Å². The largest absolute Gasteiger partial charge is 2.00 e. The van der Waals surface area contributed by atoms with Crippen LogP contribution in [0.5, 0.6) is 11.5 Å². The van der Waals surface area contributed by atoms with Crippen LogP contribution in [0.15, 0.2) is 170 Å². The maximum atomic E-state index is 6.96. The molecule has 0 unspecified atom stereocenters. The summed E-state index contributed by atoms with van der Waals surface area (Å²) in [5, 5.41) is 4.51. The molecule has 0 aliphatic rings. The summed E-state index contributed by atoms with van der Waals surface area (Å²) in [7, 11) is 0. The second-order valence-electron chi connectivity index (χ2n) is 12.5. The molecule has 0 N–H and O–H groups in total. The van der Waals surface area contributed by atoms with Crippen molar-refractivity contribution >= 4 is 97.4 Å². The van der Waals surface area contributed by atoms with Crippen LogP contribution in [0.1, 0.15) is 0 Å². The van der Waals surface area contributed by atoms with Crippen molar-refractivity contribution in [2.24, 2.45) is 0 Å². The van der Waals surface area contributed by atoms with E-state index in [1.807, 2.05) is 85.2 Å². The molecule has 8 heteroatoms. The topological polar surface area (TPSA) is 41.5 Å². The van der Waals surface area contributed by atoms with E-state index in [0.29, 0.717) is 11.5 Å². The van der Waals surface area contributed by atoms with Crippen molar-refractivity contribution in [3.8, 4) is 11.5 Å². The van der Waals surface area contributed by atoms with Gasteiger partial charge in [-0.1, -0.05) is 94.3 Å². The molecule has 0 saturated carbocycles. The average Bonchev–Trinajstić information content (AvgIpc) is 3.79. The third-order valence-electron chi connectivity index (χ3n) is 9.18. The quantitative estimate of drug-likeness (QED) is 0.142. The standard InChI is InChI=1S/C46H28N4OS2.Pt/c1-3-15-31(16-4-1)49(43-23-11-13-25-47-43)39-29-33(27-37-35-19-7-9-21-41(35)52-45(37)39)51-34-28-38-36-20-8-10-22-42(36)53-46(38)40(30-34)50(32-17-5-2-6-18-32)44-24-12-14-26-48-44;/h1-28H;/q-2;+2. The average molecular weight is 912 g/mol. The van der Waals surface area contributed by atoms with Crippen LogP contribution in [-0.4, -0.2) is 9.97 Å². The molecule has 4 heterocycles. The number of thiophene rings is 2. The van der Waals surface area contributed by atoms with Gasteiger partial charge in [-0.2, -0.15) is 0 Å². The van der Waals surface area contributed by atoms with Gasteiger partial charge in [0.1, 0.15) is 11.6 Å². The number of benzene rings is 6. The van der Waals surface area contributed by atoms with Crippen molar-refractivity contribution < 1.29 is 25.8 Å². The van der Waals surface area contributed by atoms with Crippen LogP contribution >= 0.6 is 22.7 Å². The van der Waals surface area contributed by atoms with Crippen molar-refractivity contribution in [1.82, 2.24) is 9.97 Å². The minimum Gasteiger partial charge on any atom is -0.509 e. The number of pyridine rings is 2. The minimum atomic E-state index is 0. The molecule has 0 aliphatic carbocycles. The number of hydrogen-bond acceptors (Lipinski definition) is 7. The van der Waals surface area contributed by atoms with E-state index in [4.69, 9.17) is 14.7 Å². The van der Waals surface area contributed by atoms with E-state index in [1.165, 1.54) is 9.40 Å². The minimum absolute atomic E-state index is 0. The smallest absolute Gasteiger partial charge is 0.509 e. The number of nitrogens with zero attached hydrogens (tertiary/aromatic N) is 4. The molecule has 260 valence electrons. The molecule has 10 aromatic rings. The zero-order valence-corrected chi connectivity index (χ0v) is 32.4. The Morgan fingerprint density at radius 1 is 0.444 bits per heavy atom. The van der Waals surface area contributed by atoms with E-state index in [2.05, 4.69) is 107 Å². The van der Waals surface area contributed by atoms with Gasteiger partial charge < -0.3 is 14.5 Å². The van der Waals surface area contributed by atoms with Gasteiger partial charge in [0.25, 0.3) is 0 Å². The number of rotatable bonds is 8. The summed E-state index contributed by atoms with van der Waals surface area (Å²) < 4.78 is 11.5. The molecule has 4 aromatic heterocycles. The van der Waals surface area contributed by atoms with Gasteiger partial charge in [-0.25, -0.2) is 32.6 Å². The van der Waals surface area contributed by atoms with Crippen molar-refractivity contribution in [2.75, 3.05) is 9.80 Å². The van der Waals surface area contributed by atoms with Crippen molar-refractivity contribution in [3.63, 3.8) is 0 Å². The van der Waals surface area contributed by atoms with Gasteiger partial charge in [0.15, 0.2) is 0 Å². The fraction of sp³-hybridized carbons (Fsp3) is 0. The third-order valence-corrected chi connectivity index (χ3v) is 11.6. The molecule has 54 heavy (non-hydrogen) atoms. The van der Waals surface area contributed by atoms with Crippen LogP contribution in [-0.2, 0) is 21.1 Å². The molecule has 0 aliphatic heterocycles. The molecule has 0 spiro atoms. The molecular formula is C46H28N4OPtS2. The molecule has 0 radical (unpaired) electrons. The Hall–Kier alpha value is -5.85. The van der Waals surface area contributed by atoms with Gasteiger partial charge in [-0.05, 0) is 82.8 Å². The molecule has 0 amide bonds. The van der Waals surface area contributed by atoms with E-state index in [1.54, 1.807) is 22.7 Å². The molecule has 0 atom stereocenters. The normalized spacial score (nSPS) is 11.2. The van der Waals surface area contributed by atoms with Crippen LogP contribution in [0.25, 0.3) is 40.3 Å². The van der Waals surface area contributed by atoms with E-state index in [-0.39, 0.29) is 21.1 Å². The number of para-hydroxylation sites is 2. The predicted octanol–water partition coefficient (Wildman–Crippen LogP) is 13.5. The van der Waals surface area contributed by atoms with Gasteiger partial charge in [0.05, 0.1) is 0 Å². The first kappa shape index (κ1) is 34.0. The van der Waals surface area contributed by atoms with Crippen LogP contribution in [0.3, 0.4) is 0 Å². The summed E-state index contributed by atoms with van der Waals surface area (Å²) in [5.74, 6) is 2.75. The van der Waals surface area contributed by atoms with Crippen LogP contribution in [0.2, 0.25) is 0 Å². The Balaban J connectivity index is 0.00000384. The second-order valence-corrected chi connectivity index (χ2v) is 14.6. The summed E-state index contributed by atoms with van der Waals surface area (Å²) in [6.07, 6.45) is 3.65. The van der Waals surface area contributed by atoms with E-state index in [0.717, 1.165) is 65.3 Å². The Labute approximate surface area is 334 Å². The zero-order chi connectivity index (χ0) is 35.1. The van der Waals surface area contributed by atoms with Crippen molar-refractivity contribution in [2.45, 2.75) is 0 Å². The predicted molar refractivity (Wildman–Crippen MR) is 221 cm³/mol. The number of hydrogen-bond donors (Lipinski definition) is 0. The Morgan fingerprint density at radius 3 is 1.28 bits per heavy atom. The maximum absolute atomic E-state index is 6.96. The van der Waals surface area contributed by atoms with E-state index < -0.39 is 0 Å². The van der Waals surface area contributed by atoms with Gasteiger partial charge in [-0.15, -0.1) is 35.0 Å². The fourth-order valence-electron chi connectivity index (χ4n) is 6.87. The first-order chi connectivity index (χ1) is 26.3. The first-order valence-corrected chi connectivity index (χ1v) is 18.9. The summed E-state index contributed by atoms with van der Waals surface area (Å²) in [4.78, 5) is 13.9. The van der Waals surface area contributed by atoms with Crippen LogP contribution in [0.4, 0.5) is 34.4 Å². The Morgan fingerprint density at radius 2 is 0.852 bits per heavy atom. The van der Waals surface area contributed by atoms with Gasteiger partial charge in [0, 0.05) is 44.7 Å². The van der Waals surface area contributed by atoms with Gasteiger partial charge in [0.2, 0.25) is 0 Å². The molecule has 0 bridgehead atoms. The number of fused-ring (bicyclic) bond motifs is 6. The van der Waals surface area contributed by atoms with Crippen LogP contribution < -0.4 is 14.5 Å². The zero-order valence-electron chi connectivity index (χ0n) is 28.5. The van der Waals surface area contributed by atoms with Gasteiger partial charge in [-0.3, -0.25) is 0 Å². The van der Waals surface area contributed by atoms with E-state index >= 15 is 0 Å². The number of aromatic nitrogens is 2. The monoisotopic (exact) mass is 911 g/mol. The number of anilines is 6. The molecule has 0 saturated heterocycles. The molecule has 5 nitrogen and oxygen atoms in total. The summed E-state index contributed by atoms with van der Waals surface area (Å²) in [6.45, 7) is 0. The summed E-state index contributed by atoms with van der Waals surface area (Å²) >= 11 is 3.50. The summed E-state index contributed by atoms with van der Waals surface area (Å²) in [5.41, 5.74) is 3.69. The molecule has 6 aromatic carbocycles. The first-order valence-electron chi connectivity index (χ1n) is 17.2. The van der Waals surface area contributed by atoms with E-state index in [9.17, 15) is 0 Å². The Kier molecular flexibility index (Phi) is 9.13. The fourth-order valence-corrected chi connectivity index (χ4v) is 9.22. The molecule has 0 fully saturated rings. The summed E-state index contributed by atoms with van der Waals surface area (Å²) in [6, 6.07) is 61.3. The molecule has 10 rings (SSSR count). The maximum Gasteiger partial charge on any atom is 2.00 e. The van der Waals surface area contributed by atoms with Gasteiger partial charge >= 0.3 is 21.1 Å². The van der Waals surface area contributed by atoms with Crippen LogP contribution in [0, 0.1) is 12.1 Å².